The van der Waals surface area contributed by atoms with Crippen molar-refractivity contribution in [3.63, 3.8) is 0 Å². The topological polar surface area (TPSA) is 98.0 Å². The van der Waals surface area contributed by atoms with Crippen LogP contribution in [0.4, 0.5) is 4.79 Å². The maximum Gasteiger partial charge on any atom is 0.407 e. The molecule has 158 valence electrons. The van der Waals surface area contributed by atoms with Gasteiger partial charge in [0.05, 0.1) is 5.56 Å². The average molecular weight is 411 g/mol. The van der Waals surface area contributed by atoms with Crippen LogP contribution in [-0.2, 0) is 22.6 Å². The number of carboxylic acids is 1. The van der Waals surface area contributed by atoms with Gasteiger partial charge in [0.25, 0.3) is 0 Å². The monoisotopic (exact) mass is 411 g/mol. The molecular weight excluding hydrogens is 386 g/mol. The summed E-state index contributed by atoms with van der Waals surface area (Å²) >= 11 is 0. The van der Waals surface area contributed by atoms with Crippen molar-refractivity contribution in [3.05, 3.63) is 59.4 Å². The Bertz CT molecular complexity index is 1080. The molecule has 0 radical (unpaired) electrons. The fraction of sp³-hybridized carbons (Fsp3) is 0.304. The largest absolute Gasteiger partial charge is 0.478 e. The van der Waals surface area contributed by atoms with E-state index in [1.165, 1.54) is 6.07 Å². The lowest BCUT2D eigenvalue weighted by atomic mass is 9.99. The van der Waals surface area contributed by atoms with Gasteiger partial charge in [0.1, 0.15) is 23.6 Å². The molecule has 1 amide bonds. The summed E-state index contributed by atoms with van der Waals surface area (Å²) in [5, 5.41) is 12.8. The van der Waals surface area contributed by atoms with Crippen LogP contribution in [-0.4, -0.2) is 29.9 Å². The van der Waals surface area contributed by atoms with Crippen LogP contribution in [0.15, 0.2) is 46.9 Å². The van der Waals surface area contributed by atoms with Crippen LogP contribution in [0.1, 0.15) is 42.5 Å². The van der Waals surface area contributed by atoms with Crippen molar-refractivity contribution in [3.8, 4) is 11.1 Å². The number of hydrogen-bond acceptors (Lipinski definition) is 5. The van der Waals surface area contributed by atoms with Crippen molar-refractivity contribution in [2.45, 2.75) is 39.5 Å². The molecule has 3 rings (SSSR count). The van der Waals surface area contributed by atoms with Gasteiger partial charge in [0.2, 0.25) is 0 Å². The smallest absolute Gasteiger partial charge is 0.407 e. The highest BCUT2D eigenvalue weighted by molar-refractivity contribution is 6.00. The zero-order chi connectivity index (χ0) is 21.9. The number of amides is 1. The highest BCUT2D eigenvalue weighted by atomic mass is 16.6. The Morgan fingerprint density at radius 1 is 1.13 bits per heavy atom. The van der Waals surface area contributed by atoms with Crippen LogP contribution in [0, 0.1) is 0 Å². The third-order valence-corrected chi connectivity index (χ3v) is 4.33. The molecule has 0 aliphatic carbocycles. The summed E-state index contributed by atoms with van der Waals surface area (Å²) in [6.07, 6.45) is -0.493. The van der Waals surface area contributed by atoms with Gasteiger partial charge >= 0.3 is 12.1 Å². The van der Waals surface area contributed by atoms with Crippen LogP contribution >= 0.6 is 0 Å². The Morgan fingerprint density at radius 3 is 2.57 bits per heavy atom. The van der Waals surface area contributed by atoms with Crippen molar-refractivity contribution in [1.29, 1.82) is 0 Å². The number of furan rings is 1. The summed E-state index contributed by atoms with van der Waals surface area (Å²) in [4.78, 5) is 23.4. The molecule has 30 heavy (non-hydrogen) atoms. The summed E-state index contributed by atoms with van der Waals surface area (Å²) in [5.41, 5.74) is 2.67. The number of nitrogens with one attached hydrogen (secondary N) is 1. The van der Waals surface area contributed by atoms with Gasteiger partial charge < -0.3 is 24.3 Å². The van der Waals surface area contributed by atoms with Crippen molar-refractivity contribution < 1.29 is 28.6 Å². The first-order valence-corrected chi connectivity index (χ1v) is 9.52. The van der Waals surface area contributed by atoms with E-state index in [1.54, 1.807) is 40.0 Å². The molecular formula is C23H25NO6. The SMILES string of the molecule is COCc1oc2ccc(C(=O)O)cc2c1-c1cccc(CNC(=O)OC(C)(C)C)c1. The molecule has 0 fully saturated rings. The summed E-state index contributed by atoms with van der Waals surface area (Å²) in [6.45, 7) is 5.95. The van der Waals surface area contributed by atoms with E-state index < -0.39 is 17.7 Å². The highest BCUT2D eigenvalue weighted by Gasteiger charge is 2.19. The fourth-order valence-electron chi connectivity index (χ4n) is 3.16. The highest BCUT2D eigenvalue weighted by Crippen LogP contribution is 2.36. The van der Waals surface area contributed by atoms with Crippen molar-refractivity contribution in [2.75, 3.05) is 7.11 Å². The number of fused-ring (bicyclic) bond motifs is 1. The predicted molar refractivity (Wildman–Crippen MR) is 112 cm³/mol. The normalized spacial score (nSPS) is 11.5. The lowest BCUT2D eigenvalue weighted by molar-refractivity contribution is 0.0523. The fourth-order valence-corrected chi connectivity index (χ4v) is 3.16. The minimum Gasteiger partial charge on any atom is -0.478 e. The molecule has 2 aromatic carbocycles. The molecule has 0 saturated heterocycles. The first-order valence-electron chi connectivity index (χ1n) is 9.52. The minimum atomic E-state index is -1.01. The molecule has 0 aliphatic heterocycles. The number of carbonyl (C=O) groups excluding carboxylic acids is 1. The van der Waals surface area contributed by atoms with Gasteiger partial charge in [-0.2, -0.15) is 0 Å². The van der Waals surface area contributed by atoms with E-state index in [4.69, 9.17) is 13.9 Å². The number of methoxy groups -OCH3 is 1. The molecule has 3 aromatic rings. The van der Waals surface area contributed by atoms with E-state index in [2.05, 4.69) is 5.32 Å². The molecule has 7 nitrogen and oxygen atoms in total. The number of hydrogen-bond donors (Lipinski definition) is 2. The van der Waals surface area contributed by atoms with Crippen LogP contribution in [0.25, 0.3) is 22.1 Å². The van der Waals surface area contributed by atoms with Gasteiger partial charge in [0.15, 0.2) is 0 Å². The van der Waals surface area contributed by atoms with E-state index >= 15 is 0 Å². The van der Waals surface area contributed by atoms with Crippen molar-refractivity contribution in [2.24, 2.45) is 0 Å². The Balaban J connectivity index is 1.95. The first kappa shape index (κ1) is 21.4. The summed E-state index contributed by atoms with van der Waals surface area (Å²) in [7, 11) is 1.57. The summed E-state index contributed by atoms with van der Waals surface area (Å²) in [6, 6.07) is 12.4. The lowest BCUT2D eigenvalue weighted by Crippen LogP contribution is -2.32. The molecule has 0 aliphatic rings. The molecule has 2 N–H and O–H groups in total. The second-order valence-electron chi connectivity index (χ2n) is 7.91. The number of carbonyl (C=O) groups is 2. The minimum absolute atomic E-state index is 0.177. The number of carboxylic acid groups (broad SMARTS) is 1. The Kier molecular flexibility index (Phi) is 6.12. The average Bonchev–Trinajstić information content (AvgIpc) is 3.02. The quantitative estimate of drug-likeness (QED) is 0.594. The molecule has 7 heteroatoms. The predicted octanol–water partition coefficient (Wildman–Crippen LogP) is 4.97. The Morgan fingerprint density at radius 2 is 1.90 bits per heavy atom. The third kappa shape index (κ3) is 4.99. The Hall–Kier alpha value is -3.32. The first-order chi connectivity index (χ1) is 14.2. The number of alkyl carbamates (subject to hydrolysis) is 1. The summed E-state index contributed by atoms with van der Waals surface area (Å²) in [5.74, 6) is -0.403. The van der Waals surface area contributed by atoms with Crippen LogP contribution in [0.2, 0.25) is 0 Å². The van der Waals surface area contributed by atoms with E-state index in [0.717, 1.165) is 16.7 Å². The number of aromatic carboxylic acids is 1. The second kappa shape index (κ2) is 8.59. The zero-order valence-corrected chi connectivity index (χ0v) is 17.4. The third-order valence-electron chi connectivity index (χ3n) is 4.33. The van der Waals surface area contributed by atoms with Gasteiger partial charge in [0, 0.05) is 24.6 Å². The van der Waals surface area contributed by atoms with Crippen LogP contribution < -0.4 is 5.32 Å². The van der Waals surface area contributed by atoms with Crippen molar-refractivity contribution in [1.82, 2.24) is 5.32 Å². The second-order valence-corrected chi connectivity index (χ2v) is 7.91. The summed E-state index contributed by atoms with van der Waals surface area (Å²) < 4.78 is 16.5. The van der Waals surface area contributed by atoms with Gasteiger partial charge in [-0.15, -0.1) is 0 Å². The molecule has 1 heterocycles. The van der Waals surface area contributed by atoms with E-state index in [-0.39, 0.29) is 12.2 Å². The maximum absolute atomic E-state index is 11.9. The number of benzene rings is 2. The molecule has 0 bridgehead atoms. The van der Waals surface area contributed by atoms with E-state index in [1.807, 2.05) is 24.3 Å². The molecule has 0 spiro atoms. The number of rotatable bonds is 6. The molecule has 0 saturated carbocycles. The van der Waals surface area contributed by atoms with Crippen LogP contribution in [0.5, 0.6) is 0 Å². The van der Waals surface area contributed by atoms with Crippen molar-refractivity contribution >= 4 is 23.0 Å². The zero-order valence-electron chi connectivity index (χ0n) is 17.4. The number of ether oxygens (including phenoxy) is 2. The lowest BCUT2D eigenvalue weighted by Gasteiger charge is -2.19. The van der Waals surface area contributed by atoms with Gasteiger partial charge in [-0.1, -0.05) is 18.2 Å². The van der Waals surface area contributed by atoms with E-state index in [9.17, 15) is 14.7 Å². The maximum atomic E-state index is 11.9. The van der Waals surface area contributed by atoms with Crippen LogP contribution in [0.3, 0.4) is 0 Å². The molecule has 0 atom stereocenters. The molecule has 0 unspecified atom stereocenters. The van der Waals surface area contributed by atoms with Gasteiger partial charge in [-0.25, -0.2) is 9.59 Å². The Labute approximate surface area is 174 Å². The van der Waals surface area contributed by atoms with E-state index in [0.29, 0.717) is 23.3 Å². The standard InChI is InChI=1S/C23H25NO6/c1-23(2,3)30-22(27)24-12-14-6-5-7-15(10-14)20-17-11-16(21(25)26)8-9-18(17)29-19(20)13-28-4/h5-11H,12-13H2,1-4H3,(H,24,27)(H,25,26). The molecule has 1 aromatic heterocycles. The van der Waals surface area contributed by atoms with Gasteiger partial charge in [-0.05, 0) is 56.2 Å². The van der Waals surface area contributed by atoms with Gasteiger partial charge in [-0.3, -0.25) is 0 Å².